The molecule has 0 unspecified atom stereocenters. The molecule has 0 spiro atoms. The minimum atomic E-state index is -0.290. The Balaban J connectivity index is 1.63. The van der Waals surface area contributed by atoms with Crippen LogP contribution in [0.1, 0.15) is 23.1 Å². The van der Waals surface area contributed by atoms with Crippen molar-refractivity contribution in [2.45, 2.75) is 26.8 Å². The Kier molecular flexibility index (Phi) is 4.65. The van der Waals surface area contributed by atoms with Crippen LogP contribution < -0.4 is 5.32 Å². The summed E-state index contributed by atoms with van der Waals surface area (Å²) in [6, 6.07) is 15.8. The zero-order valence-corrected chi connectivity index (χ0v) is 14.1. The molecule has 24 heavy (non-hydrogen) atoms. The van der Waals surface area contributed by atoms with Crippen LogP contribution in [0.15, 0.2) is 48.5 Å². The number of hydrogen-bond acceptors (Lipinski definition) is 2. The van der Waals surface area contributed by atoms with Crippen LogP contribution in [0, 0.1) is 19.8 Å². The van der Waals surface area contributed by atoms with Gasteiger partial charge >= 0.3 is 0 Å². The lowest BCUT2D eigenvalue weighted by Gasteiger charge is -2.17. The molecule has 1 saturated heterocycles. The number of nitrogens with zero attached hydrogens (tertiary/aromatic N) is 1. The van der Waals surface area contributed by atoms with Crippen LogP contribution in [0.25, 0.3) is 0 Å². The Labute approximate surface area is 142 Å². The van der Waals surface area contributed by atoms with E-state index in [1.54, 1.807) is 4.90 Å². The first-order chi connectivity index (χ1) is 11.5. The average Bonchev–Trinajstić information content (AvgIpc) is 2.92. The van der Waals surface area contributed by atoms with Gasteiger partial charge < -0.3 is 10.2 Å². The SMILES string of the molecule is Cc1ccc(NC(=O)[C@H]2CC(=O)N(Cc3ccccc3)C2)c(C)c1. The van der Waals surface area contributed by atoms with Crippen molar-refractivity contribution >= 4 is 17.5 Å². The van der Waals surface area contributed by atoms with Crippen molar-refractivity contribution < 1.29 is 9.59 Å². The minimum absolute atomic E-state index is 0.0413. The van der Waals surface area contributed by atoms with E-state index in [-0.39, 0.29) is 24.2 Å². The lowest BCUT2D eigenvalue weighted by molar-refractivity contribution is -0.128. The topological polar surface area (TPSA) is 49.4 Å². The monoisotopic (exact) mass is 322 g/mol. The zero-order valence-electron chi connectivity index (χ0n) is 14.1. The third kappa shape index (κ3) is 3.65. The van der Waals surface area contributed by atoms with Gasteiger partial charge in [0.1, 0.15) is 0 Å². The molecule has 0 bridgehead atoms. The Hall–Kier alpha value is -2.62. The number of aryl methyl sites for hydroxylation is 2. The summed E-state index contributed by atoms with van der Waals surface area (Å²) in [5.74, 6) is -0.326. The number of nitrogens with one attached hydrogen (secondary N) is 1. The summed E-state index contributed by atoms with van der Waals surface area (Å²) in [5, 5.41) is 2.97. The molecule has 1 aliphatic heterocycles. The molecule has 0 aromatic heterocycles. The fraction of sp³-hybridized carbons (Fsp3) is 0.300. The number of benzene rings is 2. The molecule has 0 saturated carbocycles. The summed E-state index contributed by atoms with van der Waals surface area (Å²) in [4.78, 5) is 26.5. The second-order valence-electron chi connectivity index (χ2n) is 6.47. The van der Waals surface area contributed by atoms with Gasteiger partial charge in [0.25, 0.3) is 0 Å². The van der Waals surface area contributed by atoms with Crippen molar-refractivity contribution in [1.29, 1.82) is 0 Å². The zero-order chi connectivity index (χ0) is 17.1. The van der Waals surface area contributed by atoms with Gasteiger partial charge in [-0.15, -0.1) is 0 Å². The van der Waals surface area contributed by atoms with Gasteiger partial charge in [-0.1, -0.05) is 48.0 Å². The second-order valence-corrected chi connectivity index (χ2v) is 6.47. The normalized spacial score (nSPS) is 17.2. The van der Waals surface area contributed by atoms with E-state index >= 15 is 0 Å². The highest BCUT2D eigenvalue weighted by atomic mass is 16.2. The van der Waals surface area contributed by atoms with E-state index in [0.717, 1.165) is 22.4 Å². The summed E-state index contributed by atoms with van der Waals surface area (Å²) in [6.45, 7) is 5.04. The Morgan fingerprint density at radius 3 is 2.62 bits per heavy atom. The molecule has 124 valence electrons. The highest BCUT2D eigenvalue weighted by molar-refractivity contribution is 5.97. The van der Waals surface area contributed by atoms with Crippen molar-refractivity contribution in [3.05, 3.63) is 65.2 Å². The lowest BCUT2D eigenvalue weighted by atomic mass is 10.1. The molecule has 2 aromatic carbocycles. The molecule has 1 heterocycles. The number of anilines is 1. The molecule has 4 nitrogen and oxygen atoms in total. The predicted octanol–water partition coefficient (Wildman–Crippen LogP) is 3.29. The molecule has 2 amide bonds. The Bertz CT molecular complexity index is 755. The third-order valence-electron chi connectivity index (χ3n) is 4.44. The number of amides is 2. The summed E-state index contributed by atoms with van der Waals surface area (Å²) < 4.78 is 0. The molecule has 1 atom stereocenters. The van der Waals surface area contributed by atoms with Crippen molar-refractivity contribution in [2.24, 2.45) is 5.92 Å². The fourth-order valence-corrected chi connectivity index (χ4v) is 3.09. The van der Waals surface area contributed by atoms with Gasteiger partial charge in [-0.05, 0) is 31.0 Å². The van der Waals surface area contributed by atoms with Gasteiger partial charge in [-0.2, -0.15) is 0 Å². The second kappa shape index (κ2) is 6.87. The molecular formula is C20H22N2O2. The fourth-order valence-electron chi connectivity index (χ4n) is 3.09. The summed E-state index contributed by atoms with van der Waals surface area (Å²) >= 11 is 0. The maximum absolute atomic E-state index is 12.5. The van der Waals surface area contributed by atoms with Gasteiger partial charge in [0.2, 0.25) is 11.8 Å². The molecule has 4 heteroatoms. The standard InChI is InChI=1S/C20H22N2O2/c1-14-8-9-18(15(2)10-14)21-20(24)17-11-19(23)22(13-17)12-16-6-4-3-5-7-16/h3-10,17H,11-13H2,1-2H3,(H,21,24)/t17-/m0/s1. The van der Waals surface area contributed by atoms with E-state index < -0.39 is 0 Å². The van der Waals surface area contributed by atoms with Crippen molar-refractivity contribution in [3.63, 3.8) is 0 Å². The number of carbonyl (C=O) groups excluding carboxylic acids is 2. The summed E-state index contributed by atoms with van der Waals surface area (Å²) in [6.07, 6.45) is 0.281. The third-order valence-corrected chi connectivity index (χ3v) is 4.44. The van der Waals surface area contributed by atoms with Crippen molar-refractivity contribution in [1.82, 2.24) is 4.90 Å². The molecule has 2 aromatic rings. The van der Waals surface area contributed by atoms with Gasteiger partial charge in [0, 0.05) is 25.2 Å². The maximum Gasteiger partial charge on any atom is 0.229 e. The number of hydrogen-bond donors (Lipinski definition) is 1. The van der Waals surface area contributed by atoms with Gasteiger partial charge in [0.15, 0.2) is 0 Å². The molecule has 1 N–H and O–H groups in total. The quantitative estimate of drug-likeness (QED) is 0.939. The van der Waals surface area contributed by atoms with Crippen LogP contribution >= 0.6 is 0 Å². The predicted molar refractivity (Wildman–Crippen MR) is 94.5 cm³/mol. The maximum atomic E-state index is 12.5. The first kappa shape index (κ1) is 16.2. The minimum Gasteiger partial charge on any atom is -0.338 e. The van der Waals surface area contributed by atoms with Crippen LogP contribution in [0.3, 0.4) is 0 Å². The van der Waals surface area contributed by atoms with Crippen molar-refractivity contribution in [2.75, 3.05) is 11.9 Å². The molecular weight excluding hydrogens is 300 g/mol. The highest BCUT2D eigenvalue weighted by Gasteiger charge is 2.34. The van der Waals surface area contributed by atoms with E-state index in [2.05, 4.69) is 5.32 Å². The molecule has 3 rings (SSSR count). The van der Waals surface area contributed by atoms with E-state index in [4.69, 9.17) is 0 Å². The van der Waals surface area contributed by atoms with E-state index in [9.17, 15) is 9.59 Å². The van der Waals surface area contributed by atoms with E-state index in [1.165, 1.54) is 0 Å². The number of rotatable bonds is 4. The van der Waals surface area contributed by atoms with Crippen molar-refractivity contribution in [3.8, 4) is 0 Å². The van der Waals surface area contributed by atoms with Crippen LogP contribution in [0.4, 0.5) is 5.69 Å². The molecule has 1 fully saturated rings. The van der Waals surface area contributed by atoms with E-state index in [0.29, 0.717) is 13.1 Å². The lowest BCUT2D eigenvalue weighted by Crippen LogP contribution is -2.28. The van der Waals surface area contributed by atoms with Crippen LogP contribution in [-0.2, 0) is 16.1 Å². The number of likely N-dealkylation sites (tertiary alicyclic amines) is 1. The van der Waals surface area contributed by atoms with E-state index in [1.807, 2.05) is 62.4 Å². The largest absolute Gasteiger partial charge is 0.338 e. The smallest absolute Gasteiger partial charge is 0.229 e. The summed E-state index contributed by atoms with van der Waals surface area (Å²) in [5.41, 5.74) is 4.10. The first-order valence-electron chi connectivity index (χ1n) is 8.23. The van der Waals surface area contributed by atoms with Crippen LogP contribution in [-0.4, -0.2) is 23.3 Å². The Morgan fingerprint density at radius 2 is 1.92 bits per heavy atom. The Morgan fingerprint density at radius 1 is 1.17 bits per heavy atom. The van der Waals surface area contributed by atoms with Crippen LogP contribution in [0.2, 0.25) is 0 Å². The van der Waals surface area contributed by atoms with Gasteiger partial charge in [-0.25, -0.2) is 0 Å². The number of carbonyl (C=O) groups is 2. The van der Waals surface area contributed by atoms with Gasteiger partial charge in [0.05, 0.1) is 5.92 Å². The first-order valence-corrected chi connectivity index (χ1v) is 8.23. The molecule has 1 aliphatic rings. The molecule has 0 aliphatic carbocycles. The average molecular weight is 322 g/mol. The van der Waals surface area contributed by atoms with Crippen LogP contribution in [0.5, 0.6) is 0 Å². The summed E-state index contributed by atoms with van der Waals surface area (Å²) in [7, 11) is 0. The molecule has 0 radical (unpaired) electrons. The van der Waals surface area contributed by atoms with Gasteiger partial charge in [-0.3, -0.25) is 9.59 Å². The highest BCUT2D eigenvalue weighted by Crippen LogP contribution is 2.23.